The van der Waals surface area contributed by atoms with E-state index < -0.39 is 22.9 Å². The van der Waals surface area contributed by atoms with E-state index in [0.717, 1.165) is 6.08 Å². The van der Waals surface area contributed by atoms with Gasteiger partial charge in [-0.2, -0.15) is 0 Å². The van der Waals surface area contributed by atoms with Crippen LogP contribution < -0.4 is 10.1 Å². The summed E-state index contributed by atoms with van der Waals surface area (Å²) in [4.78, 5) is 34.1. The number of amides is 1. The van der Waals surface area contributed by atoms with E-state index in [1.54, 1.807) is 30.3 Å². The van der Waals surface area contributed by atoms with Crippen LogP contribution in [0, 0.1) is 10.1 Å². The summed E-state index contributed by atoms with van der Waals surface area (Å²) in [6.45, 7) is 1.44. The van der Waals surface area contributed by atoms with Gasteiger partial charge in [-0.1, -0.05) is 12.1 Å². The molecule has 1 amide bonds. The Morgan fingerprint density at radius 3 is 2.52 bits per heavy atom. The van der Waals surface area contributed by atoms with Crippen molar-refractivity contribution < 1.29 is 24.0 Å². The second-order valence-electron chi connectivity index (χ2n) is 5.48. The number of anilines is 1. The van der Waals surface area contributed by atoms with E-state index in [0.29, 0.717) is 17.0 Å². The number of rotatable bonds is 7. The Balaban J connectivity index is 1.91. The minimum absolute atomic E-state index is 0.0854. The number of nitro benzene ring substituents is 1. The molecule has 0 radical (unpaired) electrons. The highest BCUT2D eigenvalue weighted by Crippen LogP contribution is 2.16. The van der Waals surface area contributed by atoms with Crippen LogP contribution in [0.4, 0.5) is 11.4 Å². The quantitative estimate of drug-likeness (QED) is 0.347. The lowest BCUT2D eigenvalue weighted by Crippen LogP contribution is -2.29. The van der Waals surface area contributed by atoms with Crippen molar-refractivity contribution in [1.29, 1.82) is 0 Å². The van der Waals surface area contributed by atoms with Crippen molar-refractivity contribution in [3.05, 3.63) is 70.3 Å². The number of nitrogens with zero attached hydrogens (tertiary/aromatic N) is 1. The molecule has 8 heteroatoms. The van der Waals surface area contributed by atoms with Gasteiger partial charge in [-0.05, 0) is 42.8 Å². The number of hydrogen-bond donors (Lipinski definition) is 1. The number of carbonyl (C=O) groups is 2. The lowest BCUT2D eigenvalue weighted by atomic mass is 10.2. The maximum absolute atomic E-state index is 12.1. The molecule has 140 valence electrons. The molecule has 1 N–H and O–H groups in total. The first kappa shape index (κ1) is 19.6. The summed E-state index contributed by atoms with van der Waals surface area (Å²) in [7, 11) is 1.54. The number of benzene rings is 2. The van der Waals surface area contributed by atoms with Crippen LogP contribution in [-0.2, 0) is 14.3 Å². The fourth-order valence-corrected chi connectivity index (χ4v) is 2.09. The van der Waals surface area contributed by atoms with E-state index in [9.17, 15) is 19.7 Å². The first-order chi connectivity index (χ1) is 12.9. The molecule has 2 rings (SSSR count). The molecular formula is C19H18N2O6. The number of esters is 1. The van der Waals surface area contributed by atoms with Gasteiger partial charge in [0.15, 0.2) is 6.10 Å². The molecule has 27 heavy (non-hydrogen) atoms. The fraction of sp³-hybridized carbons (Fsp3) is 0.158. The Labute approximate surface area is 155 Å². The molecule has 0 aliphatic carbocycles. The molecule has 0 fully saturated rings. The summed E-state index contributed by atoms with van der Waals surface area (Å²) in [5, 5.41) is 13.4. The number of hydrogen-bond acceptors (Lipinski definition) is 6. The van der Waals surface area contributed by atoms with Crippen molar-refractivity contribution in [3.63, 3.8) is 0 Å². The van der Waals surface area contributed by atoms with Crippen LogP contribution in [0.15, 0.2) is 54.6 Å². The molecule has 2 aromatic carbocycles. The molecule has 0 aliphatic rings. The van der Waals surface area contributed by atoms with Gasteiger partial charge in [0.05, 0.1) is 12.0 Å². The van der Waals surface area contributed by atoms with E-state index >= 15 is 0 Å². The number of carbonyl (C=O) groups excluding carboxylic acids is 2. The van der Waals surface area contributed by atoms with Gasteiger partial charge in [-0.25, -0.2) is 4.79 Å². The topological polar surface area (TPSA) is 108 Å². The van der Waals surface area contributed by atoms with E-state index in [1.165, 1.54) is 38.3 Å². The SMILES string of the molecule is COc1ccc(NC(=O)[C@H](C)OC(=O)/C=C/c2cccc([N+](=O)[O-])c2)cc1. The zero-order valence-electron chi connectivity index (χ0n) is 14.7. The van der Waals surface area contributed by atoms with Crippen LogP contribution in [0.1, 0.15) is 12.5 Å². The van der Waals surface area contributed by atoms with Gasteiger partial charge in [-0.15, -0.1) is 0 Å². The lowest BCUT2D eigenvalue weighted by molar-refractivity contribution is -0.384. The number of nitro groups is 1. The van der Waals surface area contributed by atoms with Crippen molar-refractivity contribution in [2.24, 2.45) is 0 Å². The third-order valence-corrected chi connectivity index (χ3v) is 3.51. The smallest absolute Gasteiger partial charge is 0.331 e. The fourth-order valence-electron chi connectivity index (χ4n) is 2.09. The summed E-state index contributed by atoms with van der Waals surface area (Å²) in [5.74, 6) is -0.574. The largest absolute Gasteiger partial charge is 0.497 e. The Bertz CT molecular complexity index is 861. The van der Waals surface area contributed by atoms with Crippen LogP contribution in [0.3, 0.4) is 0 Å². The predicted molar refractivity (Wildman–Crippen MR) is 99.3 cm³/mol. The van der Waals surface area contributed by atoms with Crippen LogP contribution >= 0.6 is 0 Å². The number of nitrogens with one attached hydrogen (secondary N) is 1. The first-order valence-electron chi connectivity index (χ1n) is 7.97. The average molecular weight is 370 g/mol. The van der Waals surface area contributed by atoms with Gasteiger partial charge in [0.2, 0.25) is 0 Å². The maximum Gasteiger partial charge on any atom is 0.331 e. The van der Waals surface area contributed by atoms with Gasteiger partial charge < -0.3 is 14.8 Å². The zero-order chi connectivity index (χ0) is 19.8. The third-order valence-electron chi connectivity index (χ3n) is 3.51. The van der Waals surface area contributed by atoms with Crippen molar-refractivity contribution in [2.75, 3.05) is 12.4 Å². The molecular weight excluding hydrogens is 352 g/mol. The minimum atomic E-state index is -1.02. The molecule has 0 spiro atoms. The van der Waals surface area contributed by atoms with E-state index in [4.69, 9.17) is 9.47 Å². The van der Waals surface area contributed by atoms with E-state index in [-0.39, 0.29) is 5.69 Å². The number of non-ortho nitro benzene ring substituents is 1. The van der Waals surface area contributed by atoms with E-state index in [1.807, 2.05) is 0 Å². The van der Waals surface area contributed by atoms with Crippen LogP contribution in [0.25, 0.3) is 6.08 Å². The highest BCUT2D eigenvalue weighted by Gasteiger charge is 2.16. The highest BCUT2D eigenvalue weighted by atomic mass is 16.6. The minimum Gasteiger partial charge on any atom is -0.497 e. The van der Waals surface area contributed by atoms with Gasteiger partial charge >= 0.3 is 5.97 Å². The lowest BCUT2D eigenvalue weighted by Gasteiger charge is -2.12. The zero-order valence-corrected chi connectivity index (χ0v) is 14.7. The van der Waals surface area contributed by atoms with Crippen molar-refractivity contribution in [3.8, 4) is 5.75 Å². The molecule has 0 unspecified atom stereocenters. The van der Waals surface area contributed by atoms with Crippen LogP contribution in [0.2, 0.25) is 0 Å². The predicted octanol–water partition coefficient (Wildman–Crippen LogP) is 3.19. The van der Waals surface area contributed by atoms with Gasteiger partial charge in [0, 0.05) is 23.9 Å². The number of ether oxygens (including phenoxy) is 2. The first-order valence-corrected chi connectivity index (χ1v) is 7.97. The second kappa shape index (κ2) is 9.14. The van der Waals surface area contributed by atoms with Crippen molar-refractivity contribution in [1.82, 2.24) is 0 Å². The molecule has 0 heterocycles. The summed E-state index contributed by atoms with van der Waals surface area (Å²) in [6, 6.07) is 12.5. The van der Waals surface area contributed by atoms with Gasteiger partial charge in [0.1, 0.15) is 5.75 Å². The summed E-state index contributed by atoms with van der Waals surface area (Å²) < 4.78 is 10.1. The van der Waals surface area contributed by atoms with E-state index in [2.05, 4.69) is 5.32 Å². The molecule has 2 aromatic rings. The molecule has 8 nitrogen and oxygen atoms in total. The maximum atomic E-state index is 12.1. The standard InChI is InChI=1S/C19H18N2O6/c1-13(19(23)20-15-7-9-17(26-2)10-8-15)27-18(22)11-6-14-4-3-5-16(12-14)21(24)25/h3-13H,1-2H3,(H,20,23)/b11-6+/t13-/m0/s1. The van der Waals surface area contributed by atoms with Crippen LogP contribution in [-0.4, -0.2) is 30.0 Å². The normalized spacial score (nSPS) is 11.6. The third kappa shape index (κ3) is 5.96. The van der Waals surface area contributed by atoms with Crippen LogP contribution in [0.5, 0.6) is 5.75 Å². The Morgan fingerprint density at radius 1 is 1.19 bits per heavy atom. The Kier molecular flexibility index (Phi) is 6.65. The van der Waals surface area contributed by atoms with Crippen molar-refractivity contribution in [2.45, 2.75) is 13.0 Å². The second-order valence-corrected chi connectivity index (χ2v) is 5.48. The highest BCUT2D eigenvalue weighted by molar-refractivity contribution is 5.96. The molecule has 1 atom stereocenters. The summed E-state index contributed by atoms with van der Waals surface area (Å²) >= 11 is 0. The average Bonchev–Trinajstić information content (AvgIpc) is 2.67. The van der Waals surface area contributed by atoms with Crippen molar-refractivity contribution >= 4 is 29.3 Å². The molecule has 0 aromatic heterocycles. The van der Waals surface area contributed by atoms with Gasteiger partial charge in [0.25, 0.3) is 11.6 Å². The van der Waals surface area contributed by atoms with Gasteiger partial charge in [-0.3, -0.25) is 14.9 Å². The molecule has 0 saturated carbocycles. The molecule has 0 saturated heterocycles. The molecule has 0 bridgehead atoms. The number of methoxy groups -OCH3 is 1. The Hall–Kier alpha value is -3.68. The Morgan fingerprint density at radius 2 is 1.89 bits per heavy atom. The monoisotopic (exact) mass is 370 g/mol. The summed E-state index contributed by atoms with van der Waals surface area (Å²) in [6.07, 6.45) is 1.47. The summed E-state index contributed by atoms with van der Waals surface area (Å²) in [5.41, 5.74) is 0.921. The molecule has 0 aliphatic heterocycles.